The number of nitrogens with zero attached hydrogens (tertiary/aromatic N) is 2. The zero-order valence-corrected chi connectivity index (χ0v) is 18.0. The van der Waals surface area contributed by atoms with Gasteiger partial charge in [0.05, 0.1) is 5.02 Å². The third kappa shape index (κ3) is 9.09. The Kier molecular flexibility index (Phi) is 12.1. The number of hydrazine groups is 1. The van der Waals surface area contributed by atoms with Crippen LogP contribution in [0.5, 0.6) is 11.6 Å². The van der Waals surface area contributed by atoms with E-state index in [4.69, 9.17) is 26.9 Å². The molecule has 11 heteroatoms. The van der Waals surface area contributed by atoms with Crippen LogP contribution in [0.3, 0.4) is 0 Å². The largest absolute Gasteiger partial charge is 0.489 e. The van der Waals surface area contributed by atoms with E-state index in [1.54, 1.807) is 24.3 Å². The number of benzene rings is 1. The second kappa shape index (κ2) is 12.8. The molecule has 0 saturated carbocycles. The number of β-amino-alcohol motifs (C(OH)–C–C–N with tert-alkyl or cyclic N) is 1. The number of nitrogens with two attached hydrogens (primary N) is 1. The molecule has 1 heterocycles. The Bertz CT molecular complexity index is 692. The Morgan fingerprint density at radius 3 is 2.46 bits per heavy atom. The van der Waals surface area contributed by atoms with E-state index in [0.717, 1.165) is 0 Å². The fraction of sp³-hybridized carbons (Fsp3) is 0.412. The highest BCUT2D eigenvalue weighted by atomic mass is 35.5. The number of nitrogens with one attached hydrogen (secondary N) is 2. The van der Waals surface area contributed by atoms with Gasteiger partial charge < -0.3 is 25.3 Å². The zero-order valence-electron chi connectivity index (χ0n) is 15.6. The molecule has 1 unspecified atom stereocenters. The van der Waals surface area contributed by atoms with E-state index in [0.29, 0.717) is 35.6 Å². The molecule has 2 rings (SSSR count). The molecule has 2 aromatic rings. The number of hydrogen-bond acceptors (Lipinski definition) is 8. The lowest BCUT2D eigenvalue weighted by Crippen LogP contribution is -2.48. The SMILES string of the molecule is CC(C)(COc1ccc(NN)nn1)NCC(O)COc1ccccc1Cl.Cl.Cl. The molecule has 1 atom stereocenters. The minimum Gasteiger partial charge on any atom is -0.489 e. The number of anilines is 1. The molecule has 0 aliphatic rings. The van der Waals surface area contributed by atoms with E-state index in [9.17, 15) is 5.11 Å². The first-order valence-electron chi connectivity index (χ1n) is 8.13. The number of aliphatic hydroxyl groups excluding tert-OH is 1. The first-order chi connectivity index (χ1) is 12.4. The van der Waals surface area contributed by atoms with Crippen molar-refractivity contribution in [2.45, 2.75) is 25.5 Å². The van der Waals surface area contributed by atoms with Gasteiger partial charge in [-0.25, -0.2) is 5.84 Å². The van der Waals surface area contributed by atoms with E-state index >= 15 is 0 Å². The molecule has 0 amide bonds. The van der Waals surface area contributed by atoms with E-state index in [1.165, 1.54) is 0 Å². The zero-order chi connectivity index (χ0) is 19.0. The number of nitrogen functional groups attached to an aromatic ring is 1. The summed E-state index contributed by atoms with van der Waals surface area (Å²) in [6, 6.07) is 10.5. The number of aliphatic hydroxyl groups is 1. The van der Waals surface area contributed by atoms with E-state index in [2.05, 4.69) is 20.9 Å². The number of para-hydroxylation sites is 1. The van der Waals surface area contributed by atoms with Gasteiger partial charge in [0.15, 0.2) is 5.82 Å². The van der Waals surface area contributed by atoms with Crippen LogP contribution in [0.25, 0.3) is 0 Å². The summed E-state index contributed by atoms with van der Waals surface area (Å²) in [7, 11) is 0. The highest BCUT2D eigenvalue weighted by Gasteiger charge is 2.20. The Hall–Kier alpha value is -1.55. The Balaban J connectivity index is 0.00000364. The third-order valence-corrected chi connectivity index (χ3v) is 3.77. The smallest absolute Gasteiger partial charge is 0.233 e. The molecule has 0 radical (unpaired) electrons. The van der Waals surface area contributed by atoms with Gasteiger partial charge in [-0.2, -0.15) is 0 Å². The molecule has 1 aromatic carbocycles. The Labute approximate surface area is 181 Å². The normalized spacial score (nSPS) is 11.6. The molecule has 0 aliphatic heterocycles. The van der Waals surface area contributed by atoms with E-state index in [1.807, 2.05) is 26.0 Å². The minimum atomic E-state index is -0.694. The lowest BCUT2D eigenvalue weighted by Gasteiger charge is -2.27. The van der Waals surface area contributed by atoms with Gasteiger partial charge in [-0.15, -0.1) is 35.0 Å². The van der Waals surface area contributed by atoms with Crippen molar-refractivity contribution in [1.29, 1.82) is 0 Å². The average Bonchev–Trinajstić information content (AvgIpc) is 2.65. The van der Waals surface area contributed by atoms with Gasteiger partial charge in [-0.05, 0) is 32.0 Å². The van der Waals surface area contributed by atoms with Crippen LogP contribution >= 0.6 is 36.4 Å². The molecular weight excluding hydrogens is 429 g/mol. The fourth-order valence-electron chi connectivity index (χ4n) is 1.98. The van der Waals surface area contributed by atoms with Gasteiger partial charge in [0, 0.05) is 18.2 Å². The fourth-order valence-corrected chi connectivity index (χ4v) is 2.17. The van der Waals surface area contributed by atoms with Crippen molar-refractivity contribution >= 4 is 42.2 Å². The minimum absolute atomic E-state index is 0. The van der Waals surface area contributed by atoms with E-state index < -0.39 is 11.6 Å². The van der Waals surface area contributed by atoms with Gasteiger partial charge >= 0.3 is 0 Å². The summed E-state index contributed by atoms with van der Waals surface area (Å²) in [5.74, 6) is 6.63. The highest BCUT2D eigenvalue weighted by Crippen LogP contribution is 2.23. The van der Waals surface area contributed by atoms with Crippen molar-refractivity contribution in [3.8, 4) is 11.6 Å². The van der Waals surface area contributed by atoms with Crippen LogP contribution in [-0.2, 0) is 0 Å². The van der Waals surface area contributed by atoms with Crippen molar-refractivity contribution in [3.63, 3.8) is 0 Å². The van der Waals surface area contributed by atoms with Crippen molar-refractivity contribution in [3.05, 3.63) is 41.4 Å². The lowest BCUT2D eigenvalue weighted by molar-refractivity contribution is 0.0923. The van der Waals surface area contributed by atoms with Crippen LogP contribution in [-0.4, -0.2) is 46.7 Å². The Morgan fingerprint density at radius 2 is 1.86 bits per heavy atom. The summed E-state index contributed by atoms with van der Waals surface area (Å²) in [6.07, 6.45) is -0.694. The van der Waals surface area contributed by atoms with Crippen LogP contribution < -0.4 is 26.1 Å². The molecule has 28 heavy (non-hydrogen) atoms. The summed E-state index contributed by atoms with van der Waals surface area (Å²) < 4.78 is 11.1. The van der Waals surface area contributed by atoms with Crippen molar-refractivity contribution < 1.29 is 14.6 Å². The lowest BCUT2D eigenvalue weighted by atomic mass is 10.1. The van der Waals surface area contributed by atoms with Gasteiger partial charge in [0.1, 0.15) is 25.1 Å². The van der Waals surface area contributed by atoms with Crippen LogP contribution in [0, 0.1) is 0 Å². The number of hydrogen-bond donors (Lipinski definition) is 4. The predicted molar refractivity (Wildman–Crippen MR) is 115 cm³/mol. The second-order valence-corrected chi connectivity index (χ2v) is 6.76. The maximum atomic E-state index is 10.1. The summed E-state index contributed by atoms with van der Waals surface area (Å²) in [4.78, 5) is 0. The molecule has 0 saturated heterocycles. The second-order valence-electron chi connectivity index (χ2n) is 6.35. The standard InChI is InChI=1S/C17H24ClN5O3.2ClH/c1-17(2,11-26-16-8-7-15(21-19)22-23-16)20-9-12(24)10-25-14-6-4-3-5-13(14)18;;/h3-8,12,20,24H,9-11,19H2,1-2H3,(H,21,22);2*1H. The molecule has 0 aliphatic carbocycles. The Morgan fingerprint density at radius 1 is 1.14 bits per heavy atom. The monoisotopic (exact) mass is 453 g/mol. The summed E-state index contributed by atoms with van der Waals surface area (Å²) >= 11 is 6.02. The highest BCUT2D eigenvalue weighted by molar-refractivity contribution is 6.32. The number of rotatable bonds is 10. The number of aromatic nitrogens is 2. The maximum Gasteiger partial charge on any atom is 0.233 e. The van der Waals surface area contributed by atoms with Gasteiger partial charge in [0.2, 0.25) is 5.88 Å². The number of halogens is 3. The van der Waals surface area contributed by atoms with Gasteiger partial charge in [-0.3, -0.25) is 0 Å². The topological polar surface area (TPSA) is 115 Å². The van der Waals surface area contributed by atoms with Crippen LogP contribution in [0.15, 0.2) is 36.4 Å². The molecule has 0 fully saturated rings. The molecule has 0 bridgehead atoms. The molecule has 0 spiro atoms. The van der Waals surface area contributed by atoms with Gasteiger partial charge in [0.25, 0.3) is 0 Å². The molecule has 8 nitrogen and oxygen atoms in total. The predicted octanol–water partition coefficient (Wildman–Crippen LogP) is 2.45. The van der Waals surface area contributed by atoms with Crippen LogP contribution in [0.4, 0.5) is 5.82 Å². The summed E-state index contributed by atoms with van der Waals surface area (Å²) in [5.41, 5.74) is 2.01. The molecule has 158 valence electrons. The first kappa shape index (κ1) is 26.4. The summed E-state index contributed by atoms with van der Waals surface area (Å²) in [6.45, 7) is 4.72. The van der Waals surface area contributed by atoms with Gasteiger partial charge in [-0.1, -0.05) is 23.7 Å². The first-order valence-corrected chi connectivity index (χ1v) is 8.51. The quantitative estimate of drug-likeness (QED) is 0.320. The van der Waals surface area contributed by atoms with E-state index in [-0.39, 0.29) is 31.4 Å². The molecular formula is C17H26Cl3N5O3. The third-order valence-electron chi connectivity index (χ3n) is 3.45. The average molecular weight is 455 g/mol. The van der Waals surface area contributed by atoms with Crippen LogP contribution in [0.2, 0.25) is 5.02 Å². The molecule has 5 N–H and O–H groups in total. The van der Waals surface area contributed by atoms with Crippen molar-refractivity contribution in [2.24, 2.45) is 5.84 Å². The van der Waals surface area contributed by atoms with Crippen LogP contribution in [0.1, 0.15) is 13.8 Å². The van der Waals surface area contributed by atoms with Crippen molar-refractivity contribution in [2.75, 3.05) is 25.2 Å². The molecule has 1 aromatic heterocycles. The summed E-state index contributed by atoms with van der Waals surface area (Å²) in [5, 5.41) is 21.6. The maximum absolute atomic E-state index is 10.1. The van der Waals surface area contributed by atoms with Crippen molar-refractivity contribution in [1.82, 2.24) is 15.5 Å². The number of ether oxygens (including phenoxy) is 2.